The number of carbonyl (C=O) groups is 1. The Morgan fingerprint density at radius 3 is 2.67 bits per heavy atom. The Hall–Kier alpha value is -1.89. The second kappa shape index (κ2) is 4.41. The molecule has 0 atom stereocenters. The first-order valence-electron chi connectivity index (χ1n) is 4.74. The molecule has 1 aromatic carbocycles. The van der Waals surface area contributed by atoms with Crippen LogP contribution in [0.1, 0.15) is 16.1 Å². The summed E-state index contributed by atoms with van der Waals surface area (Å²) in [5.74, 6) is -1.26. The Bertz CT molecular complexity index is 592. The maximum atomic E-state index is 12.5. The SMILES string of the molecule is O=C(O)c1ncsc1-c1cccc(C(F)(F)F)c1. The second-order valence-electron chi connectivity index (χ2n) is 3.41. The van der Waals surface area contributed by atoms with Crippen molar-refractivity contribution in [2.75, 3.05) is 0 Å². The highest BCUT2D eigenvalue weighted by molar-refractivity contribution is 7.13. The molecular weight excluding hydrogens is 267 g/mol. The maximum Gasteiger partial charge on any atom is 0.416 e. The van der Waals surface area contributed by atoms with Gasteiger partial charge in [-0.3, -0.25) is 0 Å². The van der Waals surface area contributed by atoms with Gasteiger partial charge in [0, 0.05) is 0 Å². The van der Waals surface area contributed by atoms with Gasteiger partial charge in [-0.1, -0.05) is 12.1 Å². The smallest absolute Gasteiger partial charge is 0.416 e. The average molecular weight is 273 g/mol. The zero-order chi connectivity index (χ0) is 13.3. The molecule has 2 rings (SSSR count). The van der Waals surface area contributed by atoms with Crippen LogP contribution in [-0.2, 0) is 6.18 Å². The molecule has 0 saturated carbocycles. The highest BCUT2D eigenvalue weighted by Crippen LogP contribution is 2.34. The van der Waals surface area contributed by atoms with Crippen LogP contribution in [0.3, 0.4) is 0 Å². The number of aromatic nitrogens is 1. The summed E-state index contributed by atoms with van der Waals surface area (Å²) in [6.07, 6.45) is -4.45. The van der Waals surface area contributed by atoms with E-state index in [2.05, 4.69) is 4.98 Å². The summed E-state index contributed by atoms with van der Waals surface area (Å²) in [5.41, 5.74) is 0.438. The van der Waals surface area contributed by atoms with Crippen LogP contribution >= 0.6 is 11.3 Å². The predicted molar refractivity (Wildman–Crippen MR) is 59.5 cm³/mol. The van der Waals surface area contributed by atoms with Gasteiger partial charge in [0.1, 0.15) is 0 Å². The van der Waals surface area contributed by atoms with E-state index in [4.69, 9.17) is 5.11 Å². The maximum absolute atomic E-state index is 12.5. The number of rotatable bonds is 2. The molecule has 18 heavy (non-hydrogen) atoms. The largest absolute Gasteiger partial charge is 0.476 e. The number of thiazole rings is 1. The van der Waals surface area contributed by atoms with Gasteiger partial charge in [-0.15, -0.1) is 11.3 Å². The molecule has 0 fully saturated rings. The number of halogens is 3. The lowest BCUT2D eigenvalue weighted by molar-refractivity contribution is -0.137. The highest BCUT2D eigenvalue weighted by Gasteiger charge is 2.30. The number of hydrogen-bond donors (Lipinski definition) is 1. The van der Waals surface area contributed by atoms with E-state index in [0.717, 1.165) is 23.5 Å². The highest BCUT2D eigenvalue weighted by atomic mass is 32.1. The van der Waals surface area contributed by atoms with E-state index in [-0.39, 0.29) is 16.1 Å². The molecule has 94 valence electrons. The van der Waals surface area contributed by atoms with Gasteiger partial charge in [0.2, 0.25) is 0 Å². The van der Waals surface area contributed by atoms with Crippen LogP contribution in [0, 0.1) is 0 Å². The van der Waals surface area contributed by atoms with Crippen molar-refractivity contribution in [3.63, 3.8) is 0 Å². The van der Waals surface area contributed by atoms with Crippen molar-refractivity contribution >= 4 is 17.3 Å². The molecular formula is C11H6F3NO2S. The summed E-state index contributed by atoms with van der Waals surface area (Å²) in [5, 5.41) is 8.87. The van der Waals surface area contributed by atoms with Gasteiger partial charge in [-0.05, 0) is 17.7 Å². The Kier molecular flexibility index (Phi) is 3.08. The van der Waals surface area contributed by atoms with Crippen LogP contribution in [0.25, 0.3) is 10.4 Å². The van der Waals surface area contributed by atoms with Gasteiger partial charge in [0.15, 0.2) is 5.69 Å². The predicted octanol–water partition coefficient (Wildman–Crippen LogP) is 3.53. The first-order chi connectivity index (χ1) is 8.39. The van der Waals surface area contributed by atoms with Gasteiger partial charge < -0.3 is 5.11 Å². The van der Waals surface area contributed by atoms with Crippen molar-refractivity contribution in [2.45, 2.75) is 6.18 Å². The molecule has 1 aromatic heterocycles. The minimum Gasteiger partial charge on any atom is -0.476 e. The van der Waals surface area contributed by atoms with E-state index in [1.807, 2.05) is 0 Å². The average Bonchev–Trinajstić information content (AvgIpc) is 2.77. The van der Waals surface area contributed by atoms with Crippen LogP contribution in [0.4, 0.5) is 13.2 Å². The van der Waals surface area contributed by atoms with Gasteiger partial charge >= 0.3 is 12.1 Å². The molecule has 0 saturated heterocycles. The Morgan fingerprint density at radius 1 is 1.33 bits per heavy atom. The topological polar surface area (TPSA) is 50.2 Å². The van der Waals surface area contributed by atoms with E-state index in [1.54, 1.807) is 0 Å². The summed E-state index contributed by atoms with van der Waals surface area (Å²) in [7, 11) is 0. The molecule has 7 heteroatoms. The fourth-order valence-corrected chi connectivity index (χ4v) is 2.22. The monoisotopic (exact) mass is 273 g/mol. The van der Waals surface area contributed by atoms with Crippen LogP contribution in [-0.4, -0.2) is 16.1 Å². The lowest BCUT2D eigenvalue weighted by Crippen LogP contribution is -2.05. The normalized spacial score (nSPS) is 11.5. The number of alkyl halides is 3. The number of aromatic carboxylic acids is 1. The van der Waals surface area contributed by atoms with Crippen molar-refractivity contribution in [3.05, 3.63) is 41.0 Å². The summed E-state index contributed by atoms with van der Waals surface area (Å²) < 4.78 is 37.6. The summed E-state index contributed by atoms with van der Waals surface area (Å²) >= 11 is 0.991. The number of benzene rings is 1. The lowest BCUT2D eigenvalue weighted by atomic mass is 10.1. The van der Waals surface area contributed by atoms with Gasteiger partial charge in [0.05, 0.1) is 16.0 Å². The summed E-state index contributed by atoms with van der Waals surface area (Å²) in [6.45, 7) is 0. The van der Waals surface area contributed by atoms with Crippen molar-refractivity contribution in [1.82, 2.24) is 4.98 Å². The molecule has 0 amide bonds. The van der Waals surface area contributed by atoms with Crippen molar-refractivity contribution in [3.8, 4) is 10.4 Å². The Labute approximate surface area is 104 Å². The van der Waals surface area contributed by atoms with E-state index in [1.165, 1.54) is 17.6 Å². The van der Waals surface area contributed by atoms with E-state index < -0.39 is 17.7 Å². The third kappa shape index (κ3) is 2.35. The first-order valence-corrected chi connectivity index (χ1v) is 5.62. The Balaban J connectivity index is 2.52. The van der Waals surface area contributed by atoms with Crippen LogP contribution in [0.15, 0.2) is 29.8 Å². The minimum absolute atomic E-state index is 0.199. The molecule has 0 aliphatic carbocycles. The fraction of sp³-hybridized carbons (Fsp3) is 0.0909. The molecule has 0 radical (unpaired) electrons. The number of carboxylic acid groups (broad SMARTS) is 1. The van der Waals surface area contributed by atoms with Crippen molar-refractivity contribution in [2.24, 2.45) is 0 Å². The van der Waals surface area contributed by atoms with Gasteiger partial charge in [0.25, 0.3) is 0 Å². The van der Waals surface area contributed by atoms with Crippen LogP contribution < -0.4 is 0 Å². The van der Waals surface area contributed by atoms with E-state index in [0.29, 0.717) is 0 Å². The van der Waals surface area contributed by atoms with Crippen molar-refractivity contribution < 1.29 is 23.1 Å². The number of carboxylic acids is 1. The molecule has 1 heterocycles. The third-order valence-electron chi connectivity index (χ3n) is 2.22. The summed E-state index contributed by atoms with van der Waals surface area (Å²) in [6, 6.07) is 4.52. The Morgan fingerprint density at radius 2 is 2.06 bits per heavy atom. The molecule has 0 spiro atoms. The zero-order valence-electron chi connectivity index (χ0n) is 8.73. The summed E-state index contributed by atoms with van der Waals surface area (Å²) in [4.78, 5) is 14.7. The molecule has 0 aliphatic rings. The minimum atomic E-state index is -4.45. The standard InChI is InChI=1S/C11H6F3NO2S/c12-11(13,14)7-3-1-2-6(4-7)9-8(10(16)17)15-5-18-9/h1-5H,(H,16,17). The molecule has 3 nitrogen and oxygen atoms in total. The lowest BCUT2D eigenvalue weighted by Gasteiger charge is -2.07. The molecule has 2 aromatic rings. The second-order valence-corrected chi connectivity index (χ2v) is 4.27. The number of nitrogens with zero attached hydrogens (tertiary/aromatic N) is 1. The molecule has 0 unspecified atom stereocenters. The number of hydrogen-bond acceptors (Lipinski definition) is 3. The van der Waals surface area contributed by atoms with Crippen molar-refractivity contribution in [1.29, 1.82) is 0 Å². The first kappa shape index (κ1) is 12.6. The zero-order valence-corrected chi connectivity index (χ0v) is 9.55. The quantitative estimate of drug-likeness (QED) is 0.910. The third-order valence-corrected chi connectivity index (χ3v) is 3.10. The van der Waals surface area contributed by atoms with E-state index in [9.17, 15) is 18.0 Å². The molecule has 1 N–H and O–H groups in total. The van der Waals surface area contributed by atoms with Crippen LogP contribution in [0.2, 0.25) is 0 Å². The molecule has 0 aliphatic heterocycles. The van der Waals surface area contributed by atoms with Crippen LogP contribution in [0.5, 0.6) is 0 Å². The van der Waals surface area contributed by atoms with E-state index >= 15 is 0 Å². The van der Waals surface area contributed by atoms with Gasteiger partial charge in [-0.25, -0.2) is 9.78 Å². The fourth-order valence-electron chi connectivity index (χ4n) is 1.44. The molecule has 0 bridgehead atoms. The van der Waals surface area contributed by atoms with Gasteiger partial charge in [-0.2, -0.15) is 13.2 Å².